The van der Waals surface area contributed by atoms with Gasteiger partial charge in [-0.2, -0.15) is 0 Å². The van der Waals surface area contributed by atoms with Gasteiger partial charge in [-0.3, -0.25) is 48.7 Å². The van der Waals surface area contributed by atoms with Gasteiger partial charge < -0.3 is 30.6 Å². The Kier molecular flexibility index (Phi) is 25.9. The van der Waals surface area contributed by atoms with Gasteiger partial charge in [0.1, 0.15) is 0 Å². The van der Waals surface area contributed by atoms with E-state index >= 15 is 0 Å². The molecule has 3 aliphatic carbocycles. The molecule has 0 saturated heterocycles. The van der Waals surface area contributed by atoms with Gasteiger partial charge in [-0.1, -0.05) is 129 Å². The van der Waals surface area contributed by atoms with E-state index < -0.39 is 99.4 Å². The molecule has 0 spiro atoms. The van der Waals surface area contributed by atoms with Crippen LogP contribution in [0.1, 0.15) is 0 Å². The monoisotopic (exact) mass is 1270 g/mol. The van der Waals surface area contributed by atoms with E-state index in [0.717, 1.165) is 45.6 Å². The Balaban J connectivity index is 0.000000323. The summed E-state index contributed by atoms with van der Waals surface area (Å²) in [6.45, 7) is 0. The van der Waals surface area contributed by atoms with Crippen molar-refractivity contribution in [1.82, 2.24) is 29.9 Å². The number of ketones is 6. The van der Waals surface area contributed by atoms with Crippen LogP contribution in [0.3, 0.4) is 0 Å². The van der Waals surface area contributed by atoms with Crippen LogP contribution in [-0.2, 0) is 80.0 Å². The predicted molar refractivity (Wildman–Crippen MR) is 249 cm³/mol. The third-order valence-corrected chi connectivity index (χ3v) is 10.9. The number of carbonyl (C=O) groups excluding carboxylic acids is 6. The fourth-order valence-corrected chi connectivity index (χ4v) is 6.34. The van der Waals surface area contributed by atoms with Crippen molar-refractivity contribution in [3.05, 3.63) is 199 Å². The molecule has 3 aliphatic rings. The molecule has 0 bridgehead atoms. The topological polar surface area (TPSA) is 318 Å². The van der Waals surface area contributed by atoms with Crippen LogP contribution in [0.4, 0.5) is 0 Å². The third-order valence-electron chi connectivity index (χ3n) is 8.84. The summed E-state index contributed by atoms with van der Waals surface area (Å²) in [6.07, 6.45) is 7.07. The summed E-state index contributed by atoms with van der Waals surface area (Å²) >= 11 is 30.5. The second kappa shape index (κ2) is 30.1. The average molecular weight is 1280 g/mol. The number of carbonyl (C=O) groups is 6. The Morgan fingerprint density at radius 3 is 0.627 bits per heavy atom. The van der Waals surface area contributed by atoms with Gasteiger partial charge in [0, 0.05) is 24.8 Å². The normalized spacial score (nSPS) is 14.1. The number of hydrogen-bond donors (Lipinski definition) is 0. The van der Waals surface area contributed by atoms with E-state index in [4.69, 9.17) is 69.6 Å². The minimum atomic E-state index is -1.23. The fourth-order valence-electron chi connectivity index (χ4n) is 5.31. The fraction of sp³-hybridized carbons (Fsp3) is 0. The van der Waals surface area contributed by atoms with Crippen molar-refractivity contribution < 1.29 is 111 Å². The molecule has 0 unspecified atom stereocenters. The molecular formula is C48H22Cl6Cu3N6O12. The van der Waals surface area contributed by atoms with E-state index in [0.29, 0.717) is 0 Å². The van der Waals surface area contributed by atoms with Gasteiger partial charge in [0.25, 0.3) is 0 Å². The number of halogens is 6. The Hall–Kier alpha value is -6.54. The summed E-state index contributed by atoms with van der Waals surface area (Å²) in [5.74, 6) is -14.8. The van der Waals surface area contributed by atoms with E-state index in [1.54, 1.807) is 24.8 Å². The summed E-state index contributed by atoms with van der Waals surface area (Å²) in [6, 6.07) is 35.0. The van der Waals surface area contributed by atoms with Gasteiger partial charge in [0.05, 0.1) is 75.7 Å². The molecule has 0 N–H and O–H groups in total. The van der Waals surface area contributed by atoms with E-state index in [1.165, 1.54) is 0 Å². The minimum absolute atomic E-state index is 0. The number of pyridine rings is 6. The molecule has 18 nitrogen and oxygen atoms in total. The quantitative estimate of drug-likeness (QED) is 0.106. The molecule has 0 amide bonds. The zero-order valence-corrected chi connectivity index (χ0v) is 43.8. The van der Waals surface area contributed by atoms with Crippen molar-refractivity contribution in [2.45, 2.75) is 0 Å². The van der Waals surface area contributed by atoms with E-state index in [1.807, 2.05) is 109 Å². The molecule has 6 aromatic rings. The van der Waals surface area contributed by atoms with Crippen LogP contribution in [0.15, 0.2) is 199 Å². The second-order valence-electron chi connectivity index (χ2n) is 13.5. The van der Waals surface area contributed by atoms with E-state index in [2.05, 4.69) is 29.9 Å². The number of Topliss-reactive ketones (excluding diaryl/α,β-unsaturated/α-hetero) is 6. The van der Waals surface area contributed by atoms with Gasteiger partial charge in [-0.25, -0.2) is 9.97 Å². The largest absolute Gasteiger partial charge is 2.00 e. The molecule has 27 heteroatoms. The smallest absolute Gasteiger partial charge is 0.872 e. The zero-order chi connectivity index (χ0) is 52.8. The maximum atomic E-state index is 10.7. The first-order valence-electron chi connectivity index (χ1n) is 19.5. The maximum Gasteiger partial charge on any atom is 2.00 e. The number of hydrogen-bond acceptors (Lipinski definition) is 18. The number of rotatable bonds is 4. The predicted octanol–water partition coefficient (Wildman–Crippen LogP) is 2.68. The minimum Gasteiger partial charge on any atom is -0.872 e. The van der Waals surface area contributed by atoms with Crippen LogP contribution in [-0.4, -0.2) is 64.6 Å². The molecule has 6 aromatic heterocycles. The van der Waals surface area contributed by atoms with Crippen LogP contribution < -0.4 is 30.6 Å². The van der Waals surface area contributed by atoms with Crippen molar-refractivity contribution in [3.63, 3.8) is 0 Å². The van der Waals surface area contributed by atoms with Crippen molar-refractivity contribution in [3.8, 4) is 45.6 Å². The summed E-state index contributed by atoms with van der Waals surface area (Å²) < 4.78 is 0. The second-order valence-corrected chi connectivity index (χ2v) is 15.8. The number of allylic oxidation sites excluding steroid dienone is 6. The maximum absolute atomic E-state index is 10.7. The average Bonchev–Trinajstić information content (AvgIpc) is 3.44. The summed E-state index contributed by atoms with van der Waals surface area (Å²) in [5, 5.41) is 58.8. The Bertz CT molecular complexity index is 2880. The number of nitrogens with zero attached hydrogens (tertiary/aromatic N) is 6. The first kappa shape index (κ1) is 64.6. The van der Waals surface area contributed by atoms with Crippen molar-refractivity contribution in [2.24, 2.45) is 0 Å². The molecule has 75 heavy (non-hydrogen) atoms. The van der Waals surface area contributed by atoms with Gasteiger partial charge in [0.15, 0.2) is 11.6 Å². The van der Waals surface area contributed by atoms with Gasteiger partial charge in [-0.05, 0) is 84.3 Å². The van der Waals surface area contributed by atoms with Crippen molar-refractivity contribution >= 4 is 104 Å². The first-order chi connectivity index (χ1) is 34.3. The molecule has 3 radical (unpaired) electrons. The van der Waals surface area contributed by atoms with Gasteiger partial charge in [0.2, 0.25) is 23.1 Å². The van der Waals surface area contributed by atoms with E-state index in [-0.39, 0.29) is 51.2 Å². The zero-order valence-electron chi connectivity index (χ0n) is 36.5. The van der Waals surface area contributed by atoms with Crippen LogP contribution >= 0.6 is 69.6 Å². The molecule has 0 aromatic carbocycles. The molecule has 6 heterocycles. The SMILES string of the molecule is O=C1C(=O)C(Cl)=C([O-])C([O-])=C1Cl.O=C1C(=O)C(Cl)=C([O-])C([O-])=C1Cl.O=C1C([O-])=C(Cl)C(=O)C([O-])=C1Cl.[Cu+2].[Cu+2].[Cu+2].c1ccc(-c2cccc(-c3ccccn3)n2)nc1.c1ccc(-c2cccc(-c3ccccn3)n2)nc1. The summed E-state index contributed by atoms with van der Waals surface area (Å²) in [7, 11) is 0. The Morgan fingerprint density at radius 2 is 0.440 bits per heavy atom. The summed E-state index contributed by atoms with van der Waals surface area (Å²) in [4.78, 5) is 90.5. The third kappa shape index (κ3) is 16.2. The van der Waals surface area contributed by atoms with Gasteiger partial charge >= 0.3 is 51.2 Å². The number of aromatic nitrogens is 6. The molecule has 9 rings (SSSR count). The molecule has 0 saturated carbocycles. The Labute approximate surface area is 485 Å². The standard InChI is InChI=1S/2C15H11N3.3C6H2Cl2O4.3Cu/c2*1-3-10-16-12(6-1)14-8-5-9-15(18-14)13-7-2-4-11-17-13;3*7-1-3(9)5(11)2(8)6(12)4(1)10;;;/h2*1-11H;9,12H;2*9,11H;;;/q;;;;;3*+2/p-6. The van der Waals surface area contributed by atoms with E-state index in [9.17, 15) is 59.4 Å². The van der Waals surface area contributed by atoms with Crippen LogP contribution in [0.5, 0.6) is 0 Å². The van der Waals surface area contributed by atoms with Gasteiger partial charge in [-0.15, -0.1) is 0 Å². The summed E-state index contributed by atoms with van der Waals surface area (Å²) in [5.41, 5.74) is 6.92. The molecular weight excluding hydrogens is 1260 g/mol. The molecule has 0 aliphatic heterocycles. The van der Waals surface area contributed by atoms with Crippen molar-refractivity contribution in [2.75, 3.05) is 0 Å². The molecule has 0 fully saturated rings. The van der Waals surface area contributed by atoms with Crippen LogP contribution in [0.2, 0.25) is 0 Å². The molecule has 391 valence electrons. The molecule has 0 atom stereocenters. The first-order valence-corrected chi connectivity index (χ1v) is 21.8. The van der Waals surface area contributed by atoms with Crippen molar-refractivity contribution in [1.29, 1.82) is 0 Å². The van der Waals surface area contributed by atoms with Crippen LogP contribution in [0, 0.1) is 0 Å². The Morgan fingerprint density at radius 1 is 0.253 bits per heavy atom. The van der Waals surface area contributed by atoms with Crippen LogP contribution in [0.25, 0.3) is 45.6 Å².